The van der Waals surface area contributed by atoms with Crippen LogP contribution in [0.25, 0.3) is 0 Å². The van der Waals surface area contributed by atoms with Crippen LogP contribution >= 0.6 is 15.9 Å². The van der Waals surface area contributed by atoms with E-state index in [1.165, 1.54) is 0 Å². The molecule has 2 rings (SSSR count). The fraction of sp³-hybridized carbons (Fsp3) is 0.500. The summed E-state index contributed by atoms with van der Waals surface area (Å²) >= 11 is 3.51. The lowest BCUT2D eigenvalue weighted by atomic mass is 9.94. The van der Waals surface area contributed by atoms with Gasteiger partial charge in [0.05, 0.1) is 0 Å². The second kappa shape index (κ2) is 6.45. The van der Waals surface area contributed by atoms with Crippen LogP contribution in [0, 0.1) is 5.92 Å². The SMILES string of the molecule is CC(CC(N)=O)CC(N)c1cc2c(cc1Br)OCCO2. The Hall–Kier alpha value is -1.27. The molecule has 5 nitrogen and oxygen atoms in total. The normalized spacial score (nSPS) is 16.6. The molecule has 0 spiro atoms. The number of rotatable bonds is 5. The summed E-state index contributed by atoms with van der Waals surface area (Å²) < 4.78 is 12.0. The predicted molar refractivity (Wildman–Crippen MR) is 79.7 cm³/mol. The first-order chi connectivity index (χ1) is 9.47. The number of carbonyl (C=O) groups excluding carboxylic acids is 1. The van der Waals surface area contributed by atoms with E-state index in [1.54, 1.807) is 0 Å². The third-order valence-corrected chi connectivity index (χ3v) is 3.95. The van der Waals surface area contributed by atoms with Gasteiger partial charge in [0.2, 0.25) is 5.91 Å². The van der Waals surface area contributed by atoms with Crippen LogP contribution in [0.3, 0.4) is 0 Å². The summed E-state index contributed by atoms with van der Waals surface area (Å²) in [6.45, 7) is 3.07. The molecular weight excluding hydrogens is 324 g/mol. The van der Waals surface area contributed by atoms with Crippen molar-refractivity contribution in [3.05, 3.63) is 22.2 Å². The molecule has 0 aliphatic carbocycles. The summed E-state index contributed by atoms with van der Waals surface area (Å²) in [4.78, 5) is 10.9. The molecule has 4 N–H and O–H groups in total. The van der Waals surface area contributed by atoms with Crippen LogP contribution in [-0.4, -0.2) is 19.1 Å². The first-order valence-corrected chi connectivity index (χ1v) is 7.39. The molecule has 2 unspecified atom stereocenters. The van der Waals surface area contributed by atoms with Gasteiger partial charge in [-0.25, -0.2) is 0 Å². The fourth-order valence-electron chi connectivity index (χ4n) is 2.35. The first kappa shape index (κ1) is 15.1. The molecule has 0 bridgehead atoms. The van der Waals surface area contributed by atoms with E-state index >= 15 is 0 Å². The lowest BCUT2D eigenvalue weighted by molar-refractivity contribution is -0.118. The second-order valence-electron chi connectivity index (χ2n) is 5.14. The molecule has 0 fully saturated rings. The molecular formula is C14H19BrN2O3. The van der Waals surface area contributed by atoms with Crippen molar-refractivity contribution >= 4 is 21.8 Å². The van der Waals surface area contributed by atoms with Crippen molar-refractivity contribution in [3.8, 4) is 11.5 Å². The average molecular weight is 343 g/mol. The van der Waals surface area contributed by atoms with E-state index < -0.39 is 0 Å². The van der Waals surface area contributed by atoms with Gasteiger partial charge in [0.25, 0.3) is 0 Å². The minimum Gasteiger partial charge on any atom is -0.486 e. The van der Waals surface area contributed by atoms with Crippen molar-refractivity contribution in [1.29, 1.82) is 0 Å². The van der Waals surface area contributed by atoms with Crippen molar-refractivity contribution < 1.29 is 14.3 Å². The first-order valence-electron chi connectivity index (χ1n) is 6.60. The molecule has 1 aliphatic heterocycles. The number of ether oxygens (including phenoxy) is 2. The summed E-state index contributed by atoms with van der Waals surface area (Å²) in [5.74, 6) is 1.28. The molecule has 20 heavy (non-hydrogen) atoms. The number of hydrogen-bond donors (Lipinski definition) is 2. The number of fused-ring (bicyclic) bond motifs is 1. The van der Waals surface area contributed by atoms with E-state index in [1.807, 2.05) is 19.1 Å². The van der Waals surface area contributed by atoms with E-state index in [2.05, 4.69) is 15.9 Å². The van der Waals surface area contributed by atoms with Crippen LogP contribution in [0.15, 0.2) is 16.6 Å². The predicted octanol–water partition coefficient (Wildman–Crippen LogP) is 2.12. The highest BCUT2D eigenvalue weighted by Crippen LogP contribution is 2.38. The average Bonchev–Trinajstić information content (AvgIpc) is 2.36. The minimum absolute atomic E-state index is 0.141. The highest BCUT2D eigenvalue weighted by atomic mass is 79.9. The monoisotopic (exact) mass is 342 g/mol. The quantitative estimate of drug-likeness (QED) is 0.857. The largest absolute Gasteiger partial charge is 0.486 e. The number of nitrogens with two attached hydrogens (primary N) is 2. The van der Waals surface area contributed by atoms with E-state index in [-0.39, 0.29) is 17.9 Å². The van der Waals surface area contributed by atoms with Crippen LogP contribution in [0.2, 0.25) is 0 Å². The molecule has 1 aromatic carbocycles. The van der Waals surface area contributed by atoms with E-state index in [4.69, 9.17) is 20.9 Å². The van der Waals surface area contributed by atoms with Crippen LogP contribution in [0.4, 0.5) is 0 Å². The summed E-state index contributed by atoms with van der Waals surface area (Å²) in [6.07, 6.45) is 1.02. The second-order valence-corrected chi connectivity index (χ2v) is 5.99. The molecule has 110 valence electrons. The van der Waals surface area contributed by atoms with Crippen LogP contribution in [0.5, 0.6) is 11.5 Å². The molecule has 1 aromatic rings. The number of benzene rings is 1. The molecule has 0 saturated carbocycles. The Morgan fingerprint density at radius 2 is 1.95 bits per heavy atom. The van der Waals surface area contributed by atoms with Gasteiger partial charge in [-0.1, -0.05) is 22.9 Å². The van der Waals surface area contributed by atoms with Crippen molar-refractivity contribution in [2.45, 2.75) is 25.8 Å². The van der Waals surface area contributed by atoms with Crippen molar-refractivity contribution in [2.24, 2.45) is 17.4 Å². The Kier molecular flexibility index (Phi) is 4.88. The Bertz CT molecular complexity index is 507. The fourth-order valence-corrected chi connectivity index (χ4v) is 2.97. The van der Waals surface area contributed by atoms with E-state index in [0.29, 0.717) is 31.8 Å². The van der Waals surface area contributed by atoms with Gasteiger partial charge in [-0.3, -0.25) is 4.79 Å². The van der Waals surface area contributed by atoms with Crippen LogP contribution in [-0.2, 0) is 4.79 Å². The van der Waals surface area contributed by atoms with Crippen molar-refractivity contribution in [2.75, 3.05) is 13.2 Å². The van der Waals surface area contributed by atoms with Gasteiger partial charge in [0, 0.05) is 16.9 Å². The lowest BCUT2D eigenvalue weighted by Crippen LogP contribution is -2.20. The molecule has 1 aliphatic rings. The number of halogens is 1. The summed E-state index contributed by atoms with van der Waals surface area (Å²) in [5, 5.41) is 0. The molecule has 1 amide bonds. The summed E-state index contributed by atoms with van der Waals surface area (Å²) in [6, 6.07) is 3.59. The highest BCUT2D eigenvalue weighted by Gasteiger charge is 2.20. The van der Waals surface area contributed by atoms with Gasteiger partial charge in [0.1, 0.15) is 13.2 Å². The maximum Gasteiger partial charge on any atom is 0.217 e. The molecule has 0 radical (unpaired) electrons. The summed E-state index contributed by atoms with van der Waals surface area (Å²) in [7, 11) is 0. The molecule has 0 aromatic heterocycles. The zero-order valence-corrected chi connectivity index (χ0v) is 13.0. The molecule has 6 heteroatoms. The van der Waals surface area contributed by atoms with Crippen molar-refractivity contribution in [3.63, 3.8) is 0 Å². The number of carbonyl (C=O) groups is 1. The zero-order valence-electron chi connectivity index (χ0n) is 11.4. The molecule has 2 atom stereocenters. The topological polar surface area (TPSA) is 87.6 Å². The third kappa shape index (κ3) is 3.64. The Balaban J connectivity index is 2.13. The smallest absolute Gasteiger partial charge is 0.217 e. The Morgan fingerprint density at radius 1 is 1.35 bits per heavy atom. The van der Waals surface area contributed by atoms with Gasteiger partial charge in [-0.2, -0.15) is 0 Å². The Labute approximate surface area is 126 Å². The zero-order chi connectivity index (χ0) is 14.7. The maximum absolute atomic E-state index is 10.9. The van der Waals surface area contributed by atoms with Crippen LogP contribution in [0.1, 0.15) is 31.4 Å². The van der Waals surface area contributed by atoms with Gasteiger partial charge < -0.3 is 20.9 Å². The maximum atomic E-state index is 10.9. The number of hydrogen-bond acceptors (Lipinski definition) is 4. The van der Waals surface area contributed by atoms with Gasteiger partial charge in [0.15, 0.2) is 11.5 Å². The Morgan fingerprint density at radius 3 is 2.55 bits per heavy atom. The van der Waals surface area contributed by atoms with Gasteiger partial charge >= 0.3 is 0 Å². The van der Waals surface area contributed by atoms with E-state index in [9.17, 15) is 4.79 Å². The molecule has 1 heterocycles. The van der Waals surface area contributed by atoms with Gasteiger partial charge in [-0.15, -0.1) is 0 Å². The van der Waals surface area contributed by atoms with E-state index in [0.717, 1.165) is 15.8 Å². The number of amides is 1. The minimum atomic E-state index is -0.300. The van der Waals surface area contributed by atoms with Crippen molar-refractivity contribution in [1.82, 2.24) is 0 Å². The molecule has 0 saturated heterocycles. The van der Waals surface area contributed by atoms with Crippen LogP contribution < -0.4 is 20.9 Å². The number of primary amides is 1. The highest BCUT2D eigenvalue weighted by molar-refractivity contribution is 9.10. The summed E-state index contributed by atoms with van der Waals surface area (Å²) in [5.41, 5.74) is 12.4. The standard InChI is InChI=1S/C14H19BrN2O3/c1-8(5-14(17)18)4-11(16)9-6-12-13(7-10(9)15)20-3-2-19-12/h6-8,11H,2-5,16H2,1H3,(H2,17,18). The third-order valence-electron chi connectivity index (χ3n) is 3.27. The lowest BCUT2D eigenvalue weighted by Gasteiger charge is -2.23. The van der Waals surface area contributed by atoms with Gasteiger partial charge in [-0.05, 0) is 30.0 Å².